The number of fused-ring (bicyclic) bond motifs is 6. The van der Waals surface area contributed by atoms with Gasteiger partial charge in [0, 0.05) is 32.9 Å². The molecule has 0 aliphatic carbocycles. The van der Waals surface area contributed by atoms with Gasteiger partial charge in [-0.05, 0) is 87.5 Å². The number of para-hydroxylation sites is 4. The van der Waals surface area contributed by atoms with E-state index in [9.17, 15) is 0 Å². The first-order chi connectivity index (χ1) is 29.9. The normalized spacial score (nSPS) is 12.2. The van der Waals surface area contributed by atoms with Crippen molar-refractivity contribution in [1.29, 1.82) is 0 Å². The number of benzene rings is 9. The SMILES string of the molecule is FC(F)(F)C(c1ccccc1)(c1ccc(-c2ccc(-n3c4ccccc4c4ccccc43)cc2)cc1)c1ccc(-c2ccc(-n3c4ccccc4c4ccccc43)cc2)cc1. The van der Waals surface area contributed by atoms with Crippen LogP contribution in [0.2, 0.25) is 0 Å². The van der Waals surface area contributed by atoms with Gasteiger partial charge in [-0.15, -0.1) is 0 Å². The fraction of sp³-hybridized carbons (Fsp3) is 0.0357. The van der Waals surface area contributed by atoms with Crippen LogP contribution in [0.15, 0.2) is 224 Å². The molecule has 0 atom stereocenters. The predicted molar refractivity (Wildman–Crippen MR) is 245 cm³/mol. The average Bonchev–Trinajstić information content (AvgIpc) is 3.83. The molecule has 0 spiro atoms. The van der Waals surface area contributed by atoms with E-state index in [1.54, 1.807) is 78.9 Å². The van der Waals surface area contributed by atoms with Gasteiger partial charge in [0.1, 0.15) is 5.41 Å². The summed E-state index contributed by atoms with van der Waals surface area (Å²) in [7, 11) is 0. The van der Waals surface area contributed by atoms with Crippen LogP contribution in [0, 0.1) is 0 Å². The fourth-order valence-electron chi connectivity index (χ4n) is 9.51. The van der Waals surface area contributed by atoms with Crippen LogP contribution < -0.4 is 0 Å². The van der Waals surface area contributed by atoms with Crippen molar-refractivity contribution >= 4 is 43.6 Å². The van der Waals surface area contributed by atoms with Crippen molar-refractivity contribution < 1.29 is 13.2 Å². The van der Waals surface area contributed by atoms with Gasteiger partial charge in [0.15, 0.2) is 0 Å². The second-order valence-electron chi connectivity index (χ2n) is 15.6. The molecule has 0 N–H and O–H groups in total. The first-order valence-corrected chi connectivity index (χ1v) is 20.4. The molecule has 11 aromatic rings. The van der Waals surface area contributed by atoms with Gasteiger partial charge in [-0.2, -0.15) is 13.2 Å². The summed E-state index contributed by atoms with van der Waals surface area (Å²) in [6, 6.07) is 72.0. The molecule has 5 heteroatoms. The molecule has 292 valence electrons. The van der Waals surface area contributed by atoms with Crippen molar-refractivity contribution in [1.82, 2.24) is 9.13 Å². The smallest absolute Gasteiger partial charge is 0.309 e. The van der Waals surface area contributed by atoms with E-state index in [1.165, 1.54) is 21.5 Å². The number of aromatic nitrogens is 2. The van der Waals surface area contributed by atoms with E-state index >= 15 is 13.2 Å². The van der Waals surface area contributed by atoms with Crippen molar-refractivity contribution in [3.8, 4) is 33.6 Å². The van der Waals surface area contributed by atoms with E-state index in [2.05, 4.69) is 106 Å². The van der Waals surface area contributed by atoms with Crippen LogP contribution in [-0.4, -0.2) is 15.3 Å². The molecule has 2 nitrogen and oxygen atoms in total. The minimum Gasteiger partial charge on any atom is -0.309 e. The first kappa shape index (κ1) is 36.4. The molecule has 0 aliphatic rings. The summed E-state index contributed by atoms with van der Waals surface area (Å²) in [5.74, 6) is 0. The molecule has 2 aromatic heterocycles. The highest BCUT2D eigenvalue weighted by molar-refractivity contribution is 6.10. The second kappa shape index (κ2) is 14.3. The predicted octanol–water partition coefficient (Wildman–Crippen LogP) is 15.1. The van der Waals surface area contributed by atoms with Crippen LogP contribution in [0.5, 0.6) is 0 Å². The Labute approximate surface area is 351 Å². The topological polar surface area (TPSA) is 9.86 Å². The molecule has 0 fully saturated rings. The van der Waals surface area contributed by atoms with Crippen molar-refractivity contribution in [2.75, 3.05) is 0 Å². The van der Waals surface area contributed by atoms with Crippen LogP contribution in [-0.2, 0) is 5.41 Å². The van der Waals surface area contributed by atoms with Crippen LogP contribution >= 0.6 is 0 Å². The van der Waals surface area contributed by atoms with Crippen molar-refractivity contribution in [2.24, 2.45) is 0 Å². The van der Waals surface area contributed by atoms with Gasteiger partial charge in [-0.3, -0.25) is 0 Å². The molecule has 61 heavy (non-hydrogen) atoms. The third-order valence-corrected chi connectivity index (χ3v) is 12.3. The Morgan fingerprint density at radius 3 is 0.836 bits per heavy atom. The summed E-state index contributed by atoms with van der Waals surface area (Å²) >= 11 is 0. The lowest BCUT2D eigenvalue weighted by Crippen LogP contribution is -2.44. The molecule has 0 radical (unpaired) electrons. The second-order valence-corrected chi connectivity index (χ2v) is 15.6. The maximum Gasteiger partial charge on any atom is 0.406 e. The van der Waals surface area contributed by atoms with Gasteiger partial charge >= 0.3 is 6.18 Å². The lowest BCUT2D eigenvalue weighted by Gasteiger charge is -2.37. The summed E-state index contributed by atoms with van der Waals surface area (Å²) in [5.41, 5.74) is 8.06. The molecule has 9 aromatic carbocycles. The van der Waals surface area contributed by atoms with E-state index in [0.29, 0.717) is 0 Å². The average molecular weight is 795 g/mol. The monoisotopic (exact) mass is 794 g/mol. The largest absolute Gasteiger partial charge is 0.406 e. The highest BCUT2D eigenvalue weighted by atomic mass is 19.4. The Balaban J connectivity index is 0.942. The molecule has 0 bridgehead atoms. The molecule has 2 heterocycles. The maximum atomic E-state index is 16.1. The Kier molecular flexibility index (Phi) is 8.53. The van der Waals surface area contributed by atoms with E-state index < -0.39 is 11.6 Å². The minimum absolute atomic E-state index is 0.153. The van der Waals surface area contributed by atoms with Crippen molar-refractivity contribution in [2.45, 2.75) is 11.6 Å². The Morgan fingerprint density at radius 2 is 0.525 bits per heavy atom. The molecular formula is C56H37F3N2. The Hall–Kier alpha value is -7.63. The molecule has 0 amide bonds. The molecule has 0 aliphatic heterocycles. The Morgan fingerprint density at radius 1 is 0.262 bits per heavy atom. The first-order valence-electron chi connectivity index (χ1n) is 20.4. The van der Waals surface area contributed by atoms with Crippen LogP contribution in [0.25, 0.3) is 77.2 Å². The van der Waals surface area contributed by atoms with Gasteiger partial charge in [-0.1, -0.05) is 176 Å². The lowest BCUT2D eigenvalue weighted by molar-refractivity contribution is -0.166. The summed E-state index contributed by atoms with van der Waals surface area (Å²) < 4.78 is 52.7. The molecule has 0 saturated heterocycles. The quantitative estimate of drug-likeness (QED) is 0.142. The van der Waals surface area contributed by atoms with E-state index in [4.69, 9.17) is 0 Å². The molecule has 0 saturated carbocycles. The van der Waals surface area contributed by atoms with Gasteiger partial charge in [0.25, 0.3) is 0 Å². The summed E-state index contributed by atoms with van der Waals surface area (Å²) in [6.45, 7) is 0. The number of hydrogen-bond acceptors (Lipinski definition) is 0. The number of hydrogen-bond donors (Lipinski definition) is 0. The van der Waals surface area contributed by atoms with Crippen molar-refractivity contribution in [3.05, 3.63) is 241 Å². The zero-order chi connectivity index (χ0) is 41.1. The van der Waals surface area contributed by atoms with Crippen LogP contribution in [0.3, 0.4) is 0 Å². The fourth-order valence-corrected chi connectivity index (χ4v) is 9.51. The number of rotatable bonds is 7. The zero-order valence-electron chi connectivity index (χ0n) is 32.9. The Bertz CT molecular complexity index is 3050. The van der Waals surface area contributed by atoms with Gasteiger partial charge < -0.3 is 9.13 Å². The number of nitrogens with zero attached hydrogens (tertiary/aromatic N) is 2. The number of halogens is 3. The lowest BCUT2D eigenvalue weighted by atomic mass is 9.68. The van der Waals surface area contributed by atoms with E-state index in [-0.39, 0.29) is 16.7 Å². The third-order valence-electron chi connectivity index (χ3n) is 12.3. The summed E-state index contributed by atoms with van der Waals surface area (Å²) in [6.07, 6.45) is -4.66. The highest BCUT2D eigenvalue weighted by Gasteiger charge is 2.58. The van der Waals surface area contributed by atoms with Gasteiger partial charge in [0.2, 0.25) is 0 Å². The minimum atomic E-state index is -4.66. The third kappa shape index (κ3) is 5.80. The zero-order valence-corrected chi connectivity index (χ0v) is 32.9. The molecule has 11 rings (SSSR count). The maximum absolute atomic E-state index is 16.1. The van der Waals surface area contributed by atoms with E-state index in [0.717, 1.165) is 55.7 Å². The number of alkyl halides is 3. The van der Waals surface area contributed by atoms with Crippen LogP contribution in [0.4, 0.5) is 13.2 Å². The summed E-state index contributed by atoms with van der Waals surface area (Å²) in [4.78, 5) is 0. The van der Waals surface area contributed by atoms with E-state index in [1.807, 2.05) is 48.5 Å². The van der Waals surface area contributed by atoms with Gasteiger partial charge in [-0.25, -0.2) is 0 Å². The molecular weight excluding hydrogens is 758 g/mol. The summed E-state index contributed by atoms with van der Waals surface area (Å²) in [5, 5.41) is 4.74. The van der Waals surface area contributed by atoms with Crippen LogP contribution in [0.1, 0.15) is 16.7 Å². The standard InChI is InChI=1S/C56H37F3N2/c57-56(58,59)55(42-12-2-1-3-13-42,43-30-22-38(23-31-43)40-26-34-45(35-27-40)60-51-18-8-4-14-47(51)48-15-5-9-19-52(48)60)44-32-24-39(25-33-44)41-28-36-46(37-29-41)61-53-20-10-6-16-49(53)50-17-7-11-21-54(50)61/h1-37H. The van der Waals surface area contributed by atoms with Crippen molar-refractivity contribution in [3.63, 3.8) is 0 Å². The highest BCUT2D eigenvalue weighted by Crippen LogP contribution is 2.52. The van der Waals surface area contributed by atoms with Gasteiger partial charge in [0.05, 0.1) is 22.1 Å². The molecule has 0 unspecified atom stereocenters.